The van der Waals surface area contributed by atoms with Crippen molar-refractivity contribution in [1.29, 1.82) is 0 Å². The second-order valence-electron chi connectivity index (χ2n) is 8.81. The average molecular weight is 453 g/mol. The molecule has 4 nitrogen and oxygen atoms in total. The second-order valence-corrected chi connectivity index (χ2v) is 9.20. The maximum absolute atomic E-state index is 5.91. The summed E-state index contributed by atoms with van der Waals surface area (Å²) in [5.41, 5.74) is 6.88. The fourth-order valence-corrected chi connectivity index (χ4v) is 5.02. The Bertz CT molecular complexity index is 1250. The summed E-state index contributed by atoms with van der Waals surface area (Å²) in [7, 11) is 0. The van der Waals surface area contributed by atoms with Crippen molar-refractivity contribution in [3.8, 4) is 5.69 Å². The van der Waals surface area contributed by atoms with Crippen LogP contribution in [0.3, 0.4) is 0 Å². The van der Waals surface area contributed by atoms with Crippen LogP contribution in [0.5, 0.6) is 0 Å². The van der Waals surface area contributed by atoms with Gasteiger partial charge in [0.15, 0.2) is 5.11 Å². The second kappa shape index (κ2) is 8.83. The van der Waals surface area contributed by atoms with E-state index in [1.54, 1.807) is 0 Å². The minimum Gasteiger partial charge on any atom is -0.351 e. The van der Waals surface area contributed by atoms with E-state index in [0.717, 1.165) is 17.1 Å². The van der Waals surface area contributed by atoms with Crippen LogP contribution in [0.1, 0.15) is 54.5 Å². The number of benzene rings is 2. The van der Waals surface area contributed by atoms with E-state index < -0.39 is 0 Å². The van der Waals surface area contributed by atoms with Gasteiger partial charge < -0.3 is 14.8 Å². The van der Waals surface area contributed by atoms with Crippen LogP contribution < -0.4 is 10.2 Å². The summed E-state index contributed by atoms with van der Waals surface area (Å²) >= 11 is 5.91. The summed E-state index contributed by atoms with van der Waals surface area (Å²) in [6, 6.07) is 29.6. The third-order valence-electron chi connectivity index (χ3n) is 6.36. The van der Waals surface area contributed by atoms with Gasteiger partial charge in [0.2, 0.25) is 0 Å². The Morgan fingerprint density at radius 1 is 0.848 bits per heavy atom. The lowest BCUT2D eigenvalue weighted by atomic mass is 9.99. The van der Waals surface area contributed by atoms with Crippen molar-refractivity contribution in [1.82, 2.24) is 14.9 Å². The van der Waals surface area contributed by atoms with Gasteiger partial charge >= 0.3 is 0 Å². The zero-order chi connectivity index (χ0) is 22.9. The number of aromatic nitrogens is 2. The van der Waals surface area contributed by atoms with Gasteiger partial charge in [0.1, 0.15) is 6.04 Å². The minimum atomic E-state index is -0.0692. The number of thiocarbonyl (C=S) groups is 1. The van der Waals surface area contributed by atoms with Crippen molar-refractivity contribution in [3.05, 3.63) is 114 Å². The predicted octanol–water partition coefficient (Wildman–Crippen LogP) is 6.48. The Kier molecular flexibility index (Phi) is 5.73. The quantitative estimate of drug-likeness (QED) is 0.351. The Labute approximate surface area is 200 Å². The third-order valence-corrected chi connectivity index (χ3v) is 6.67. The standard InChI is InChI=1S/C28H28N4S/c1-19(2)21-13-15-23(16-14-21)32-27(26(30-28(32)33)24-11-7-8-18-29-24)25-17-12-20(3)31(25)22-9-5-4-6-10-22/h4-19,26-27H,1-3H3,(H,30,33)/t26-,27-/m1/s1. The van der Waals surface area contributed by atoms with E-state index in [9.17, 15) is 0 Å². The van der Waals surface area contributed by atoms with Crippen LogP contribution in [0.4, 0.5) is 5.69 Å². The first-order chi connectivity index (χ1) is 16.0. The summed E-state index contributed by atoms with van der Waals surface area (Å²) < 4.78 is 2.33. The van der Waals surface area contributed by atoms with E-state index in [-0.39, 0.29) is 12.1 Å². The number of anilines is 1. The molecule has 166 valence electrons. The summed E-state index contributed by atoms with van der Waals surface area (Å²) in [5, 5.41) is 4.29. The van der Waals surface area contributed by atoms with Crippen molar-refractivity contribution in [2.75, 3.05) is 4.90 Å². The van der Waals surface area contributed by atoms with Crippen molar-refractivity contribution in [2.45, 2.75) is 38.8 Å². The lowest BCUT2D eigenvalue weighted by Gasteiger charge is -2.29. The zero-order valence-corrected chi connectivity index (χ0v) is 20.0. The molecule has 0 saturated carbocycles. The largest absolute Gasteiger partial charge is 0.351 e. The molecule has 3 heterocycles. The highest BCUT2D eigenvalue weighted by Gasteiger charge is 2.42. The molecule has 1 aliphatic rings. The van der Waals surface area contributed by atoms with Crippen molar-refractivity contribution in [2.24, 2.45) is 0 Å². The molecule has 33 heavy (non-hydrogen) atoms. The number of hydrogen-bond acceptors (Lipinski definition) is 2. The maximum atomic E-state index is 5.91. The van der Waals surface area contributed by atoms with Crippen LogP contribution >= 0.6 is 12.2 Å². The number of aryl methyl sites for hydroxylation is 1. The predicted molar refractivity (Wildman–Crippen MR) is 139 cm³/mol. The van der Waals surface area contributed by atoms with Gasteiger partial charge in [-0.25, -0.2) is 0 Å². The number of rotatable bonds is 5. The van der Waals surface area contributed by atoms with Crippen LogP contribution in [0, 0.1) is 6.92 Å². The van der Waals surface area contributed by atoms with Crippen LogP contribution in [0.15, 0.2) is 91.1 Å². The first-order valence-electron chi connectivity index (χ1n) is 11.4. The molecule has 5 heteroatoms. The Morgan fingerprint density at radius 2 is 1.58 bits per heavy atom. The molecule has 0 amide bonds. The third kappa shape index (κ3) is 3.93. The summed E-state index contributed by atoms with van der Waals surface area (Å²) in [6.45, 7) is 6.58. The Morgan fingerprint density at radius 3 is 2.24 bits per heavy atom. The SMILES string of the molecule is Cc1ccc([C@@H]2[C@@H](c3ccccn3)NC(=S)N2c2ccc(C(C)C)cc2)n1-c1ccccc1. The lowest BCUT2D eigenvalue weighted by molar-refractivity contribution is 0.548. The van der Waals surface area contributed by atoms with Crippen LogP contribution in [-0.4, -0.2) is 14.7 Å². The van der Waals surface area contributed by atoms with Gasteiger partial charge in [-0.1, -0.05) is 50.2 Å². The molecule has 2 atom stereocenters. The molecule has 5 rings (SSSR count). The monoisotopic (exact) mass is 452 g/mol. The molecule has 0 spiro atoms. The van der Waals surface area contributed by atoms with Crippen molar-refractivity contribution >= 4 is 23.0 Å². The molecule has 0 bridgehead atoms. The van der Waals surface area contributed by atoms with Crippen molar-refractivity contribution in [3.63, 3.8) is 0 Å². The van der Waals surface area contributed by atoms with E-state index in [4.69, 9.17) is 12.2 Å². The van der Waals surface area contributed by atoms with E-state index in [2.05, 4.69) is 107 Å². The van der Waals surface area contributed by atoms with Crippen LogP contribution in [0.2, 0.25) is 0 Å². The highest BCUT2D eigenvalue weighted by atomic mass is 32.1. The van der Waals surface area contributed by atoms with Gasteiger partial charge in [-0.3, -0.25) is 4.98 Å². The van der Waals surface area contributed by atoms with E-state index in [1.807, 2.05) is 24.4 Å². The molecule has 1 N–H and O–H groups in total. The topological polar surface area (TPSA) is 33.1 Å². The Hall–Kier alpha value is -3.44. The van der Waals surface area contributed by atoms with Gasteiger partial charge in [-0.05, 0) is 79.2 Å². The number of pyridine rings is 1. The molecule has 1 aliphatic heterocycles. The van der Waals surface area contributed by atoms with Gasteiger partial charge in [0.25, 0.3) is 0 Å². The first-order valence-corrected chi connectivity index (χ1v) is 11.8. The van der Waals surface area contributed by atoms with Gasteiger partial charge in [-0.2, -0.15) is 0 Å². The number of nitrogens with one attached hydrogen (secondary N) is 1. The van der Waals surface area contributed by atoms with E-state index >= 15 is 0 Å². The molecule has 2 aromatic carbocycles. The maximum Gasteiger partial charge on any atom is 0.174 e. The molecule has 4 aromatic rings. The van der Waals surface area contributed by atoms with Crippen molar-refractivity contribution < 1.29 is 0 Å². The fourth-order valence-electron chi connectivity index (χ4n) is 4.67. The number of para-hydroxylation sites is 1. The molecule has 0 unspecified atom stereocenters. The summed E-state index contributed by atoms with van der Waals surface area (Å²) in [4.78, 5) is 6.93. The fraction of sp³-hybridized carbons (Fsp3) is 0.214. The van der Waals surface area contributed by atoms with E-state index in [0.29, 0.717) is 11.0 Å². The Balaban J connectivity index is 1.67. The van der Waals surface area contributed by atoms with E-state index in [1.165, 1.54) is 17.0 Å². The van der Waals surface area contributed by atoms with Crippen LogP contribution in [0.25, 0.3) is 5.69 Å². The highest BCUT2D eigenvalue weighted by molar-refractivity contribution is 7.80. The molecular formula is C28H28N4S. The summed E-state index contributed by atoms with van der Waals surface area (Å²) in [6.07, 6.45) is 1.85. The molecule has 1 saturated heterocycles. The molecule has 0 radical (unpaired) electrons. The normalized spacial score (nSPS) is 18.1. The van der Waals surface area contributed by atoms with Gasteiger partial charge in [0.05, 0.1) is 11.7 Å². The van der Waals surface area contributed by atoms with Gasteiger partial charge in [0, 0.05) is 29.0 Å². The lowest BCUT2D eigenvalue weighted by Crippen LogP contribution is -2.30. The molecular weight excluding hydrogens is 424 g/mol. The average Bonchev–Trinajstić information content (AvgIpc) is 3.39. The first kappa shape index (κ1) is 21.4. The minimum absolute atomic E-state index is 0.0498. The molecule has 2 aromatic heterocycles. The van der Waals surface area contributed by atoms with Gasteiger partial charge in [-0.15, -0.1) is 0 Å². The molecule has 1 fully saturated rings. The smallest absolute Gasteiger partial charge is 0.174 e. The zero-order valence-electron chi connectivity index (χ0n) is 19.1. The van der Waals surface area contributed by atoms with Crippen LogP contribution in [-0.2, 0) is 0 Å². The number of hydrogen-bond donors (Lipinski definition) is 1. The molecule has 0 aliphatic carbocycles. The highest BCUT2D eigenvalue weighted by Crippen LogP contribution is 2.42. The number of nitrogens with zero attached hydrogens (tertiary/aromatic N) is 3. The summed E-state index contributed by atoms with van der Waals surface area (Å²) in [5.74, 6) is 0.484.